The van der Waals surface area contributed by atoms with E-state index < -0.39 is 27.8 Å². The van der Waals surface area contributed by atoms with Crippen molar-refractivity contribution in [3.8, 4) is 11.1 Å². The first kappa shape index (κ1) is 22.9. The summed E-state index contributed by atoms with van der Waals surface area (Å²) in [6.07, 6.45) is -2.87. The van der Waals surface area contributed by atoms with Crippen molar-refractivity contribution in [3.05, 3.63) is 64.9 Å². The summed E-state index contributed by atoms with van der Waals surface area (Å²) in [7, 11) is -2.45. The molecule has 2 fully saturated rings. The highest BCUT2D eigenvalue weighted by Crippen LogP contribution is 2.67. The van der Waals surface area contributed by atoms with Gasteiger partial charge in [-0.05, 0) is 71.5 Å². The molecule has 34 heavy (non-hydrogen) atoms. The highest BCUT2D eigenvalue weighted by molar-refractivity contribution is 7.89. The zero-order valence-electron chi connectivity index (χ0n) is 17.9. The van der Waals surface area contributed by atoms with E-state index in [1.807, 2.05) is 16.8 Å². The molecule has 2 aromatic carbocycles. The van der Waals surface area contributed by atoms with Crippen LogP contribution in [0.4, 0.5) is 29.3 Å². The molecule has 0 bridgehead atoms. The molecular weight excluding hydrogens is 487 g/mol. The number of hydrogen-bond acceptors (Lipinski definition) is 4. The van der Waals surface area contributed by atoms with Gasteiger partial charge in [0.15, 0.2) is 0 Å². The van der Waals surface area contributed by atoms with Crippen LogP contribution in [0.3, 0.4) is 0 Å². The lowest BCUT2D eigenvalue weighted by atomic mass is 10.1. The number of amides is 2. The molecule has 3 aromatic rings. The SMILES string of the molecule is CN(C(=O)Nc1cc(S(=O)(=O)NC23CC2C3)ccc1-c1ccsc1)c1cccc(C(F)(F)F)c1. The van der Waals surface area contributed by atoms with Crippen molar-refractivity contribution in [2.45, 2.75) is 29.5 Å². The molecule has 0 atom stereocenters. The summed E-state index contributed by atoms with van der Waals surface area (Å²) in [4.78, 5) is 14.0. The molecule has 2 amide bonds. The van der Waals surface area contributed by atoms with Gasteiger partial charge < -0.3 is 5.32 Å². The number of nitrogens with one attached hydrogen (secondary N) is 2. The van der Waals surface area contributed by atoms with Gasteiger partial charge in [0.1, 0.15) is 0 Å². The monoisotopic (exact) mass is 507 g/mol. The van der Waals surface area contributed by atoms with Crippen molar-refractivity contribution in [2.75, 3.05) is 17.3 Å². The molecule has 0 radical (unpaired) electrons. The van der Waals surface area contributed by atoms with Gasteiger partial charge in [-0.3, -0.25) is 4.90 Å². The number of halogens is 3. The minimum atomic E-state index is -4.54. The van der Waals surface area contributed by atoms with Crippen LogP contribution in [-0.2, 0) is 16.2 Å². The lowest BCUT2D eigenvalue weighted by Gasteiger charge is -2.21. The van der Waals surface area contributed by atoms with Crippen LogP contribution < -0.4 is 14.9 Å². The zero-order chi connectivity index (χ0) is 24.3. The van der Waals surface area contributed by atoms with E-state index in [4.69, 9.17) is 0 Å². The Morgan fingerprint density at radius 3 is 2.50 bits per heavy atom. The Kier molecular flexibility index (Phi) is 5.26. The number of sulfonamides is 1. The van der Waals surface area contributed by atoms with Gasteiger partial charge >= 0.3 is 12.2 Å². The molecule has 178 valence electrons. The molecule has 0 saturated heterocycles. The van der Waals surface area contributed by atoms with Gasteiger partial charge in [-0.25, -0.2) is 17.9 Å². The van der Waals surface area contributed by atoms with Crippen molar-refractivity contribution in [1.82, 2.24) is 4.72 Å². The van der Waals surface area contributed by atoms with Crippen LogP contribution in [-0.4, -0.2) is 27.0 Å². The molecule has 1 heterocycles. The number of benzene rings is 2. The fraction of sp³-hybridized carbons (Fsp3) is 0.261. The van der Waals surface area contributed by atoms with Gasteiger partial charge in [0.25, 0.3) is 0 Å². The predicted octanol–water partition coefficient (Wildman–Crippen LogP) is 5.54. The Hall–Kier alpha value is -2.89. The van der Waals surface area contributed by atoms with E-state index in [9.17, 15) is 26.4 Å². The van der Waals surface area contributed by atoms with Crippen molar-refractivity contribution in [3.63, 3.8) is 0 Å². The number of nitrogens with zero attached hydrogens (tertiary/aromatic N) is 1. The first-order chi connectivity index (χ1) is 16.0. The summed E-state index contributed by atoms with van der Waals surface area (Å²) in [5.41, 5.74) is 0.480. The number of alkyl halides is 3. The van der Waals surface area contributed by atoms with E-state index in [1.54, 1.807) is 6.07 Å². The molecule has 0 unspecified atom stereocenters. The number of carbonyl (C=O) groups excluding carboxylic acids is 1. The number of urea groups is 1. The summed E-state index contributed by atoms with van der Waals surface area (Å²) in [6.45, 7) is 0. The Bertz CT molecular complexity index is 1370. The van der Waals surface area contributed by atoms with E-state index in [1.165, 1.54) is 42.6 Å². The van der Waals surface area contributed by atoms with Crippen molar-refractivity contribution in [1.29, 1.82) is 0 Å². The number of hydrogen-bond donors (Lipinski definition) is 2. The molecule has 2 aliphatic carbocycles. The average molecular weight is 508 g/mol. The van der Waals surface area contributed by atoms with E-state index in [-0.39, 0.29) is 21.8 Å². The summed E-state index contributed by atoms with van der Waals surface area (Å²) in [5, 5.41) is 6.38. The molecule has 0 aliphatic heterocycles. The summed E-state index contributed by atoms with van der Waals surface area (Å²) in [5.74, 6) is 0.410. The minimum Gasteiger partial charge on any atom is -0.307 e. The predicted molar refractivity (Wildman–Crippen MR) is 124 cm³/mol. The van der Waals surface area contributed by atoms with Gasteiger partial charge in [0, 0.05) is 23.8 Å². The molecule has 5 rings (SSSR count). The van der Waals surface area contributed by atoms with Gasteiger partial charge in [0.05, 0.1) is 16.1 Å². The van der Waals surface area contributed by atoms with Crippen molar-refractivity contribution in [2.24, 2.45) is 5.92 Å². The first-order valence-electron chi connectivity index (χ1n) is 10.4. The third kappa shape index (κ3) is 4.30. The summed E-state index contributed by atoms with van der Waals surface area (Å²) in [6, 6.07) is 10.0. The Morgan fingerprint density at radius 1 is 1.15 bits per heavy atom. The minimum absolute atomic E-state index is 0.00965. The molecule has 2 aliphatic rings. The second-order valence-corrected chi connectivity index (χ2v) is 11.1. The van der Waals surface area contributed by atoms with Crippen LogP contribution in [0.15, 0.2) is 64.2 Å². The largest absolute Gasteiger partial charge is 0.416 e. The van der Waals surface area contributed by atoms with Crippen LogP contribution in [0.1, 0.15) is 18.4 Å². The topological polar surface area (TPSA) is 78.5 Å². The highest BCUT2D eigenvalue weighted by atomic mass is 32.2. The highest BCUT2D eigenvalue weighted by Gasteiger charge is 2.71. The molecule has 0 spiro atoms. The van der Waals surface area contributed by atoms with Crippen molar-refractivity contribution >= 4 is 38.8 Å². The van der Waals surface area contributed by atoms with Crippen LogP contribution in [0, 0.1) is 5.92 Å². The molecule has 2 saturated carbocycles. The summed E-state index contributed by atoms with van der Waals surface area (Å²) >= 11 is 1.44. The van der Waals surface area contributed by atoms with Crippen molar-refractivity contribution < 1.29 is 26.4 Å². The zero-order valence-corrected chi connectivity index (χ0v) is 19.5. The fourth-order valence-electron chi connectivity index (χ4n) is 3.87. The first-order valence-corrected chi connectivity index (χ1v) is 12.8. The maximum Gasteiger partial charge on any atom is 0.416 e. The molecule has 11 heteroatoms. The van der Waals surface area contributed by atoms with Gasteiger partial charge in [0.2, 0.25) is 10.0 Å². The second-order valence-electron chi connectivity index (χ2n) is 8.62. The normalized spacial score (nSPS) is 21.0. The Balaban J connectivity index is 1.45. The van der Waals surface area contributed by atoms with Gasteiger partial charge in [-0.15, -0.1) is 0 Å². The fourth-order valence-corrected chi connectivity index (χ4v) is 6.03. The third-order valence-electron chi connectivity index (χ3n) is 6.26. The smallest absolute Gasteiger partial charge is 0.307 e. The molecule has 1 aromatic heterocycles. The number of fused-ring (bicyclic) bond motifs is 1. The van der Waals surface area contributed by atoms with E-state index in [2.05, 4.69) is 10.0 Å². The Morgan fingerprint density at radius 2 is 1.88 bits per heavy atom. The quantitative estimate of drug-likeness (QED) is 0.460. The van der Waals surface area contributed by atoms with Crippen LogP contribution >= 0.6 is 11.3 Å². The van der Waals surface area contributed by atoms with E-state index in [0.29, 0.717) is 11.5 Å². The maximum absolute atomic E-state index is 13.1. The maximum atomic E-state index is 13.1. The van der Waals surface area contributed by atoms with E-state index >= 15 is 0 Å². The molecular formula is C23H20F3N3O3S2. The number of carbonyl (C=O) groups is 1. The third-order valence-corrected chi connectivity index (χ3v) is 8.49. The lowest BCUT2D eigenvalue weighted by molar-refractivity contribution is -0.137. The van der Waals surface area contributed by atoms with Crippen LogP contribution in [0.5, 0.6) is 0 Å². The molecule has 6 nitrogen and oxygen atoms in total. The number of rotatable bonds is 6. The Labute approximate surface area is 198 Å². The second kappa shape index (κ2) is 7.82. The van der Waals surface area contributed by atoms with E-state index in [0.717, 1.165) is 35.4 Å². The standard InChI is InChI=1S/C23H20F3N3O3S2/c1-29(17-4-2-3-15(9-17)23(24,25)26)21(30)27-20-10-18(5-6-19(20)14-7-8-33-13-14)34(31,32)28-22-11-16(22)12-22/h2-10,13,16,28H,11-12H2,1H3,(H,27,30). The van der Waals surface area contributed by atoms with Crippen LogP contribution in [0.2, 0.25) is 0 Å². The number of thiophene rings is 1. The van der Waals surface area contributed by atoms with Crippen LogP contribution in [0.25, 0.3) is 11.1 Å². The average Bonchev–Trinajstić information content (AvgIpc) is 3.52. The molecule has 2 N–H and O–H groups in total. The van der Waals surface area contributed by atoms with Gasteiger partial charge in [-0.1, -0.05) is 12.1 Å². The lowest BCUT2D eigenvalue weighted by Crippen LogP contribution is -2.32. The summed E-state index contributed by atoms with van der Waals surface area (Å²) < 4.78 is 67.8. The number of anilines is 2. The van der Waals surface area contributed by atoms with Gasteiger partial charge in [-0.2, -0.15) is 24.5 Å².